The van der Waals surface area contributed by atoms with E-state index >= 15 is 0 Å². The zero-order valence-corrected chi connectivity index (χ0v) is 20.3. The van der Waals surface area contributed by atoms with Crippen molar-refractivity contribution in [1.29, 1.82) is 0 Å². The number of nitrogens with zero attached hydrogens (tertiary/aromatic N) is 3. The summed E-state index contributed by atoms with van der Waals surface area (Å²) in [4.78, 5) is 20.4. The van der Waals surface area contributed by atoms with Crippen LogP contribution in [-0.4, -0.2) is 50.5 Å². The Kier molecular flexibility index (Phi) is 7.90. The van der Waals surface area contributed by atoms with Crippen LogP contribution in [0.5, 0.6) is 0 Å². The van der Waals surface area contributed by atoms with Crippen molar-refractivity contribution in [3.8, 4) is 0 Å². The molecule has 1 amide bonds. The minimum atomic E-state index is -3.06. The van der Waals surface area contributed by atoms with Gasteiger partial charge in [-0.1, -0.05) is 32.3 Å². The highest BCUT2D eigenvalue weighted by Gasteiger charge is 2.27. The molecule has 182 valence electrons. The Hall–Kier alpha value is -2.13. The number of benzene rings is 1. The Morgan fingerprint density at radius 3 is 2.61 bits per heavy atom. The summed E-state index contributed by atoms with van der Waals surface area (Å²) in [6.45, 7) is 5.40. The second-order valence-electron chi connectivity index (χ2n) is 9.08. The molecule has 2 aliphatic rings. The molecular weight excluding hydrogens is 436 g/mol. The van der Waals surface area contributed by atoms with E-state index in [2.05, 4.69) is 22.1 Å². The third-order valence-corrected chi connectivity index (χ3v) is 8.70. The van der Waals surface area contributed by atoms with Gasteiger partial charge in [0, 0.05) is 39.5 Å². The molecule has 7 nitrogen and oxygen atoms in total. The first kappa shape index (κ1) is 24.0. The van der Waals surface area contributed by atoms with Crippen molar-refractivity contribution >= 4 is 28.2 Å². The van der Waals surface area contributed by atoms with Crippen LogP contribution < -0.4 is 10.2 Å². The largest absolute Gasteiger partial charge is 0.356 e. The average Bonchev–Trinajstić information content (AvgIpc) is 2.85. The van der Waals surface area contributed by atoms with Crippen LogP contribution in [0, 0.1) is 5.92 Å². The number of aromatic nitrogens is 1. The Balaban J connectivity index is 0.00000324. The number of hydrogen-bond donors (Lipinski definition) is 3. The van der Waals surface area contributed by atoms with E-state index in [1.165, 1.54) is 12.8 Å². The van der Waals surface area contributed by atoms with Crippen LogP contribution >= 0.6 is 10.8 Å². The van der Waals surface area contributed by atoms with Gasteiger partial charge >= 0.3 is 0 Å². The topological polar surface area (TPSA) is 88.9 Å². The highest BCUT2D eigenvalue weighted by atomic mass is 32.3. The maximum Gasteiger partial charge on any atom is 0.259 e. The molecule has 3 heterocycles. The van der Waals surface area contributed by atoms with Gasteiger partial charge in [-0.15, -0.1) is 10.8 Å². The summed E-state index contributed by atoms with van der Waals surface area (Å²) < 4.78 is 23.6. The second kappa shape index (κ2) is 10.9. The van der Waals surface area contributed by atoms with Gasteiger partial charge in [-0.05, 0) is 61.9 Å². The predicted molar refractivity (Wildman–Crippen MR) is 137 cm³/mol. The SMILES string of the molecule is CCCC1CCN(c2ncccc2C(=O)Nc2cccc(S(O)(O)N3CCCCC3)c2)CC1.[HH]. The lowest BCUT2D eigenvalue weighted by molar-refractivity contribution is 0.102. The summed E-state index contributed by atoms with van der Waals surface area (Å²) in [5, 5.41) is 2.95. The van der Waals surface area contributed by atoms with E-state index in [-0.39, 0.29) is 7.33 Å². The number of amides is 1. The van der Waals surface area contributed by atoms with Crippen LogP contribution in [0.4, 0.5) is 11.5 Å². The van der Waals surface area contributed by atoms with Gasteiger partial charge in [0.2, 0.25) is 0 Å². The number of carbonyl (C=O) groups is 1. The number of piperidine rings is 2. The molecule has 33 heavy (non-hydrogen) atoms. The minimum Gasteiger partial charge on any atom is -0.356 e. The van der Waals surface area contributed by atoms with Crippen LogP contribution in [0.25, 0.3) is 0 Å². The van der Waals surface area contributed by atoms with Crippen LogP contribution in [0.15, 0.2) is 47.5 Å². The highest BCUT2D eigenvalue weighted by molar-refractivity contribution is 8.22. The maximum absolute atomic E-state index is 13.2. The van der Waals surface area contributed by atoms with Gasteiger partial charge in [-0.25, -0.2) is 9.29 Å². The third kappa shape index (κ3) is 5.69. The minimum absolute atomic E-state index is 0. The molecule has 2 fully saturated rings. The molecule has 0 aliphatic carbocycles. The van der Waals surface area contributed by atoms with Crippen LogP contribution in [0.3, 0.4) is 0 Å². The normalized spacial score (nSPS) is 18.8. The molecule has 8 heteroatoms. The number of hydrogen-bond acceptors (Lipinski definition) is 6. The molecule has 0 atom stereocenters. The fraction of sp³-hybridized carbons (Fsp3) is 0.520. The van der Waals surface area contributed by atoms with Crippen molar-refractivity contribution in [1.82, 2.24) is 9.29 Å². The summed E-state index contributed by atoms with van der Waals surface area (Å²) in [6, 6.07) is 10.5. The van der Waals surface area contributed by atoms with Crippen LogP contribution in [0.2, 0.25) is 0 Å². The number of anilines is 2. The lowest BCUT2D eigenvalue weighted by Crippen LogP contribution is -2.35. The van der Waals surface area contributed by atoms with E-state index in [4.69, 9.17) is 0 Å². The van der Waals surface area contributed by atoms with Crippen LogP contribution in [-0.2, 0) is 0 Å². The lowest BCUT2D eigenvalue weighted by atomic mass is 9.92. The fourth-order valence-electron chi connectivity index (χ4n) is 4.88. The molecule has 2 aliphatic heterocycles. The van der Waals surface area contributed by atoms with Crippen molar-refractivity contribution in [3.05, 3.63) is 48.2 Å². The zero-order chi connectivity index (χ0) is 23.3. The summed E-state index contributed by atoms with van der Waals surface area (Å²) in [5.41, 5.74) is 1.09. The van der Waals surface area contributed by atoms with E-state index in [9.17, 15) is 13.9 Å². The molecule has 0 spiro atoms. The second-order valence-corrected chi connectivity index (χ2v) is 11.1. The van der Waals surface area contributed by atoms with E-state index in [0.29, 0.717) is 29.2 Å². The number of nitrogens with one attached hydrogen (secondary N) is 1. The predicted octanol–water partition coefficient (Wildman–Crippen LogP) is 6.11. The van der Waals surface area contributed by atoms with Crippen molar-refractivity contribution < 1.29 is 15.3 Å². The van der Waals surface area contributed by atoms with Crippen LogP contribution in [0.1, 0.15) is 63.7 Å². The first-order valence-corrected chi connectivity index (χ1v) is 13.6. The van der Waals surface area contributed by atoms with Gasteiger partial charge in [-0.3, -0.25) is 13.9 Å². The highest BCUT2D eigenvalue weighted by Crippen LogP contribution is 2.52. The molecule has 3 N–H and O–H groups in total. The lowest BCUT2D eigenvalue weighted by Gasteiger charge is -2.44. The summed E-state index contributed by atoms with van der Waals surface area (Å²) in [7, 11) is -3.06. The molecule has 0 unspecified atom stereocenters. The van der Waals surface area contributed by atoms with Gasteiger partial charge < -0.3 is 10.2 Å². The number of pyridine rings is 1. The molecule has 0 bridgehead atoms. The van der Waals surface area contributed by atoms with Gasteiger partial charge in [-0.2, -0.15) is 0 Å². The Labute approximate surface area is 200 Å². The van der Waals surface area contributed by atoms with Gasteiger partial charge in [0.05, 0.1) is 10.5 Å². The van der Waals surface area contributed by atoms with Gasteiger partial charge in [0.15, 0.2) is 0 Å². The monoisotopic (exact) mass is 474 g/mol. The summed E-state index contributed by atoms with van der Waals surface area (Å²) in [5.74, 6) is 1.24. The first-order valence-electron chi connectivity index (χ1n) is 12.1. The molecule has 0 radical (unpaired) electrons. The molecule has 1 aromatic carbocycles. The van der Waals surface area contributed by atoms with E-state index < -0.39 is 10.8 Å². The zero-order valence-electron chi connectivity index (χ0n) is 19.4. The van der Waals surface area contributed by atoms with Crippen molar-refractivity contribution in [2.24, 2.45) is 5.92 Å². The standard InChI is InChI=1S/C25H36N4O3S.H2/c1-2-8-20-12-17-28(18-13-20)24-23(11-7-14-26-24)25(30)27-21-9-6-10-22(19-21)33(31,32)29-15-4-3-5-16-29;/h6-7,9-11,14,19-20,31-32H,2-5,8,12-13,15-18H2,1H3,(H,27,30);1H. The van der Waals surface area contributed by atoms with Gasteiger partial charge in [0.25, 0.3) is 5.91 Å². The Morgan fingerprint density at radius 1 is 1.12 bits per heavy atom. The molecule has 4 rings (SSSR count). The first-order chi connectivity index (χ1) is 16.0. The molecule has 2 saturated heterocycles. The van der Waals surface area contributed by atoms with Crippen molar-refractivity contribution in [3.63, 3.8) is 0 Å². The van der Waals surface area contributed by atoms with Gasteiger partial charge in [0.1, 0.15) is 5.82 Å². The summed E-state index contributed by atoms with van der Waals surface area (Å²) in [6.07, 6.45) is 9.51. The summed E-state index contributed by atoms with van der Waals surface area (Å²) >= 11 is 0. The Bertz CT molecular complexity index is 947. The quantitative estimate of drug-likeness (QED) is 0.449. The third-order valence-electron chi connectivity index (χ3n) is 6.73. The maximum atomic E-state index is 13.2. The van der Waals surface area contributed by atoms with Crippen molar-refractivity contribution in [2.75, 3.05) is 36.4 Å². The van der Waals surface area contributed by atoms with E-state index in [0.717, 1.165) is 56.9 Å². The number of carbonyl (C=O) groups excluding carboxylic acids is 1. The molecule has 1 aromatic heterocycles. The fourth-order valence-corrected chi connectivity index (χ4v) is 6.49. The van der Waals surface area contributed by atoms with E-state index in [1.807, 2.05) is 0 Å². The number of rotatable bonds is 7. The average molecular weight is 475 g/mol. The molecule has 2 aromatic rings. The van der Waals surface area contributed by atoms with Crippen molar-refractivity contribution in [2.45, 2.75) is 56.8 Å². The molecule has 0 saturated carbocycles. The smallest absolute Gasteiger partial charge is 0.259 e. The Morgan fingerprint density at radius 2 is 1.88 bits per heavy atom. The molecular formula is C25H38N4O3S. The van der Waals surface area contributed by atoms with E-state index in [1.54, 1.807) is 46.9 Å².